The van der Waals surface area contributed by atoms with Crippen molar-refractivity contribution in [1.82, 2.24) is 0 Å². The van der Waals surface area contributed by atoms with Crippen LogP contribution in [0.15, 0.2) is 133 Å². The van der Waals surface area contributed by atoms with Crippen LogP contribution in [0.1, 0.15) is 105 Å². The van der Waals surface area contributed by atoms with Gasteiger partial charge >= 0.3 is 0 Å². The van der Waals surface area contributed by atoms with Gasteiger partial charge < -0.3 is 39.2 Å². The molecule has 0 N–H and O–H groups in total. The van der Waals surface area contributed by atoms with Crippen LogP contribution in [0.4, 0.5) is 45.5 Å². The van der Waals surface area contributed by atoms with Crippen molar-refractivity contribution in [1.29, 1.82) is 0 Å². The van der Waals surface area contributed by atoms with Crippen molar-refractivity contribution in [2.75, 3.05) is 91.6 Å². The van der Waals surface area contributed by atoms with Gasteiger partial charge in [0.1, 0.15) is 0 Å². The molecule has 0 spiro atoms. The number of amides is 8. The second kappa shape index (κ2) is 23.3. The highest BCUT2D eigenvalue weighted by Crippen LogP contribution is 2.51. The van der Waals surface area contributed by atoms with E-state index in [1.54, 1.807) is 39.2 Å². The average Bonchev–Trinajstić information content (AvgIpc) is 0.823. The molecule has 8 heterocycles. The maximum Gasteiger partial charge on any atom is 0.227 e. The molecule has 0 aromatic heterocycles. The molecule has 8 aliphatic heterocycles. The number of benzene rings is 7. The third kappa shape index (κ3) is 10.4. The fraction of sp³-hybridized carbons (Fsp3) is 0.324. The van der Waals surface area contributed by atoms with Crippen LogP contribution < -0.4 is 39.2 Å². The van der Waals surface area contributed by atoms with Gasteiger partial charge in [-0.15, -0.1) is 0 Å². The topological polar surface area (TPSA) is 162 Å². The Kier molecular flexibility index (Phi) is 14.1. The fourth-order valence-corrected chi connectivity index (χ4v) is 14.8. The van der Waals surface area contributed by atoms with Crippen LogP contribution in [-0.4, -0.2) is 99.6 Å². The van der Waals surface area contributed by atoms with E-state index >= 15 is 0 Å². The van der Waals surface area contributed by atoms with Gasteiger partial charge in [-0.2, -0.15) is 0 Å². The van der Waals surface area contributed by atoms with Crippen molar-refractivity contribution in [3.63, 3.8) is 0 Å². The molecule has 0 aliphatic carbocycles. The van der Waals surface area contributed by atoms with Crippen LogP contribution in [0.25, 0.3) is 66.8 Å². The van der Waals surface area contributed by atoms with E-state index in [0.717, 1.165) is 0 Å². The molecule has 0 saturated carbocycles. The first-order valence-electron chi connectivity index (χ1n) is 33.2. The molecule has 7 aromatic rings. The Morgan fingerprint density at radius 3 is 0.578 bits per heavy atom. The molecule has 8 aliphatic rings. The number of carbonyl (C=O) groups is 8. The zero-order chi connectivity index (χ0) is 63.1. The summed E-state index contributed by atoms with van der Waals surface area (Å²) in [4.78, 5) is 125. The summed E-state index contributed by atoms with van der Waals surface area (Å²) in [5.41, 5.74) is 10.6. The van der Waals surface area contributed by atoms with Crippen molar-refractivity contribution in [3.8, 4) is 66.8 Å². The zero-order valence-electron chi connectivity index (χ0n) is 52.4. The van der Waals surface area contributed by atoms with Gasteiger partial charge in [-0.05, 0) is 203 Å². The Bertz CT molecular complexity index is 3890. The number of carbonyl (C=O) groups excluding carboxylic acids is 8. The van der Waals surface area contributed by atoms with E-state index in [4.69, 9.17) is 0 Å². The van der Waals surface area contributed by atoms with Gasteiger partial charge in [0.15, 0.2) is 0 Å². The van der Waals surface area contributed by atoms with Gasteiger partial charge in [-0.25, -0.2) is 0 Å². The normalized spacial score (nSPS) is 19.2. The van der Waals surface area contributed by atoms with E-state index in [0.29, 0.717) is 267 Å². The number of nitrogens with zero attached hydrogens (tertiary/aromatic N) is 8. The van der Waals surface area contributed by atoms with E-state index in [1.807, 2.05) is 121 Å². The van der Waals surface area contributed by atoms with Crippen molar-refractivity contribution in [3.05, 3.63) is 133 Å². The van der Waals surface area contributed by atoms with Crippen LogP contribution in [-0.2, 0) is 38.4 Å². The third-order valence-corrected chi connectivity index (χ3v) is 19.3. The quantitative estimate of drug-likeness (QED) is 0.104. The molecule has 454 valence electrons. The minimum absolute atomic E-state index is 0.0149. The molecule has 8 saturated heterocycles. The van der Waals surface area contributed by atoms with Crippen molar-refractivity contribution in [2.24, 2.45) is 0 Å². The Morgan fingerprint density at radius 2 is 0.400 bits per heavy atom. The Morgan fingerprint density at radius 1 is 0.222 bits per heavy atom. The monoisotopic (exact) mass is 1200 g/mol. The van der Waals surface area contributed by atoms with E-state index in [2.05, 4.69) is 0 Å². The Hall–Kier alpha value is -9.70. The molecule has 16 nitrogen and oxygen atoms in total. The van der Waals surface area contributed by atoms with E-state index in [1.165, 1.54) is 0 Å². The van der Waals surface area contributed by atoms with Gasteiger partial charge in [-0.3, -0.25) is 38.4 Å². The summed E-state index contributed by atoms with van der Waals surface area (Å²) >= 11 is 0. The van der Waals surface area contributed by atoms with Crippen LogP contribution >= 0.6 is 0 Å². The second-order valence-corrected chi connectivity index (χ2v) is 25.0. The molecule has 16 heteroatoms. The molecule has 8 fully saturated rings. The molecule has 15 rings (SSSR count). The summed E-state index contributed by atoms with van der Waals surface area (Å²) in [7, 11) is 0. The standard InChI is InChI=1S/C74H70N8O8/c83-67-17-5-25-75(67)51-33-47(34-52(41-51)76-26-6-18-68(76)84)59-13-1-3-15-61(59)65-45-64(50-39-57(81-31-11-23-73(81)89)44-58(40-50)82-32-12-24-74(82)90)66(46-63(65)49-37-55(79-29-9-21-71(79)87)43-56(38-49)80-30-10-22-72(80)88)62-16-4-2-14-60(62)48-35-53(77-27-7-19-69(77)85)42-54(36-48)78-28-8-20-70(78)86/h1-4,13-16,33-46H,5-12,17-32H2/i45D,46D. The lowest BCUT2D eigenvalue weighted by atomic mass is 9.81. The summed E-state index contributed by atoms with van der Waals surface area (Å²) in [6.07, 6.45) is 8.02. The summed E-state index contributed by atoms with van der Waals surface area (Å²) < 4.78 is 22.9. The number of hydrogen-bond donors (Lipinski definition) is 0. The van der Waals surface area contributed by atoms with Gasteiger partial charge in [0.2, 0.25) is 47.3 Å². The summed E-state index contributed by atoms with van der Waals surface area (Å²) in [6, 6.07) is 38.3. The largest absolute Gasteiger partial charge is 0.312 e. The summed E-state index contributed by atoms with van der Waals surface area (Å²) in [5, 5.41) is 0. The van der Waals surface area contributed by atoms with Gasteiger partial charge in [-0.1, -0.05) is 48.5 Å². The van der Waals surface area contributed by atoms with Gasteiger partial charge in [0.25, 0.3) is 0 Å². The fourth-order valence-electron chi connectivity index (χ4n) is 14.8. The first kappa shape index (κ1) is 54.5. The smallest absolute Gasteiger partial charge is 0.227 e. The highest BCUT2D eigenvalue weighted by atomic mass is 16.2. The predicted octanol–water partition coefficient (Wildman–Crippen LogP) is 12.7. The van der Waals surface area contributed by atoms with Crippen LogP contribution in [0.5, 0.6) is 0 Å². The molecular weight excluding hydrogens is 1130 g/mol. The highest BCUT2D eigenvalue weighted by Gasteiger charge is 2.34. The Labute approximate surface area is 526 Å². The lowest BCUT2D eigenvalue weighted by molar-refractivity contribution is -0.117. The van der Waals surface area contributed by atoms with E-state index < -0.39 is 0 Å². The summed E-state index contributed by atoms with van der Waals surface area (Å²) in [5.74, 6) is -0.439. The zero-order valence-corrected chi connectivity index (χ0v) is 50.4. The minimum atomic E-state index is -0.0798. The van der Waals surface area contributed by atoms with Crippen molar-refractivity contribution < 1.29 is 41.1 Å². The van der Waals surface area contributed by atoms with Gasteiger partial charge in [0, 0.05) is 149 Å². The number of anilines is 8. The molecule has 8 amide bonds. The van der Waals surface area contributed by atoms with Crippen LogP contribution in [0.2, 0.25) is 0 Å². The molecular formula is C74H70N8O8. The maximum atomic E-state index is 14.0. The minimum Gasteiger partial charge on any atom is -0.312 e. The molecule has 7 aromatic carbocycles. The third-order valence-electron chi connectivity index (χ3n) is 19.3. The summed E-state index contributed by atoms with van der Waals surface area (Å²) in [6.45, 7) is 3.72. The SMILES string of the molecule is [2H]c1c(-c2cc(N3CCCC3=O)cc(N3CCCC3=O)c2)c(-c2ccccc2-c2cc(N3CCCC3=O)cc(N3CCCC3=O)c2)c([2H])c(-c2cc(N3CCCC3=O)cc(N3CCCC3=O)c2)c1-c1ccccc1-c1cc(N2CCCC2=O)cc(N2CCCC2=O)c1. The highest BCUT2D eigenvalue weighted by molar-refractivity contribution is 6.09. The van der Waals surface area contributed by atoms with Gasteiger partial charge in [0.05, 0.1) is 2.74 Å². The first-order chi connectivity index (χ1) is 44.7. The van der Waals surface area contributed by atoms with E-state index in [-0.39, 0.29) is 59.3 Å². The lowest BCUT2D eigenvalue weighted by Crippen LogP contribution is -2.26. The molecule has 0 unspecified atom stereocenters. The molecule has 0 atom stereocenters. The number of rotatable bonds is 14. The van der Waals surface area contributed by atoms with Crippen LogP contribution in [0.3, 0.4) is 0 Å². The van der Waals surface area contributed by atoms with E-state index in [9.17, 15) is 41.1 Å². The lowest BCUT2D eigenvalue weighted by Gasteiger charge is -2.27. The predicted molar refractivity (Wildman–Crippen MR) is 352 cm³/mol. The van der Waals surface area contributed by atoms with Crippen molar-refractivity contribution in [2.45, 2.75) is 103 Å². The second-order valence-electron chi connectivity index (χ2n) is 25.0. The van der Waals surface area contributed by atoms with Crippen LogP contribution in [0, 0.1) is 0 Å². The maximum absolute atomic E-state index is 14.0. The molecule has 0 bridgehead atoms. The average molecular weight is 1200 g/mol. The molecule has 0 radical (unpaired) electrons. The Balaban J connectivity index is 1.07. The number of hydrogen-bond acceptors (Lipinski definition) is 8. The first-order valence-corrected chi connectivity index (χ1v) is 32.2. The van der Waals surface area contributed by atoms with Crippen molar-refractivity contribution >= 4 is 92.8 Å². The molecule has 90 heavy (non-hydrogen) atoms.